The number of hydrogen-bond donors (Lipinski definition) is 2. The minimum atomic E-state index is -0.514. The highest BCUT2D eigenvalue weighted by Crippen LogP contribution is 2.27. The van der Waals surface area contributed by atoms with Gasteiger partial charge in [0, 0.05) is 18.4 Å². The third-order valence-electron chi connectivity index (χ3n) is 5.32. The van der Waals surface area contributed by atoms with Crippen LogP contribution in [0.4, 0.5) is 0 Å². The molecule has 7 heteroatoms. The van der Waals surface area contributed by atoms with Crippen molar-refractivity contribution in [3.8, 4) is 0 Å². The summed E-state index contributed by atoms with van der Waals surface area (Å²) in [5.74, 6) is -0.308. The first-order valence-corrected chi connectivity index (χ1v) is 10.2. The molecule has 0 bridgehead atoms. The molecule has 1 fully saturated rings. The molecule has 2 amide bonds. The Hall–Kier alpha value is -2.70. The quantitative estimate of drug-likeness (QED) is 0.567. The normalized spacial score (nSPS) is 14.3. The van der Waals surface area contributed by atoms with Crippen molar-refractivity contribution < 1.29 is 9.59 Å². The number of nitrogens with zero attached hydrogens (tertiary/aromatic N) is 2. The minimum Gasteiger partial charge on any atom is -0.273 e. The van der Waals surface area contributed by atoms with Crippen molar-refractivity contribution >= 4 is 22.6 Å². The third-order valence-corrected chi connectivity index (χ3v) is 5.32. The lowest BCUT2D eigenvalue weighted by Crippen LogP contribution is -2.43. The Labute approximate surface area is 164 Å². The summed E-state index contributed by atoms with van der Waals surface area (Å²) in [5, 5.41) is 5.24. The summed E-state index contributed by atoms with van der Waals surface area (Å²) >= 11 is 0. The molecule has 1 aromatic heterocycles. The van der Waals surface area contributed by atoms with Crippen molar-refractivity contribution in [2.75, 3.05) is 0 Å². The summed E-state index contributed by atoms with van der Waals surface area (Å²) in [7, 11) is 0. The van der Waals surface area contributed by atoms with Crippen LogP contribution in [0.5, 0.6) is 0 Å². The van der Waals surface area contributed by atoms with Crippen LogP contribution in [0.15, 0.2) is 29.1 Å². The number of aryl methyl sites for hydroxylation is 1. The van der Waals surface area contributed by atoms with Crippen LogP contribution in [0.1, 0.15) is 68.8 Å². The topological polar surface area (TPSA) is 93.1 Å². The molecule has 2 N–H and O–H groups in total. The number of benzene rings is 1. The fraction of sp³-hybridized carbons (Fsp3) is 0.524. The minimum absolute atomic E-state index is 0.146. The summed E-state index contributed by atoms with van der Waals surface area (Å²) in [4.78, 5) is 37.4. The lowest BCUT2D eigenvalue weighted by Gasteiger charge is -2.13. The van der Waals surface area contributed by atoms with E-state index >= 15 is 0 Å². The first-order chi connectivity index (χ1) is 13.6. The van der Waals surface area contributed by atoms with Gasteiger partial charge in [-0.2, -0.15) is 5.10 Å². The van der Waals surface area contributed by atoms with E-state index in [9.17, 15) is 14.4 Å². The smallest absolute Gasteiger partial charge is 0.273 e. The van der Waals surface area contributed by atoms with Gasteiger partial charge in [0.1, 0.15) is 0 Å². The maximum atomic E-state index is 12.7. The lowest BCUT2D eigenvalue weighted by atomic mass is 10.0. The zero-order valence-electron chi connectivity index (χ0n) is 16.4. The molecule has 3 rings (SSSR count). The van der Waals surface area contributed by atoms with Gasteiger partial charge in [0.2, 0.25) is 5.91 Å². The van der Waals surface area contributed by atoms with E-state index in [-0.39, 0.29) is 17.2 Å². The zero-order valence-corrected chi connectivity index (χ0v) is 16.4. The van der Waals surface area contributed by atoms with Gasteiger partial charge in [-0.05, 0) is 31.2 Å². The number of carbonyl (C=O) groups is 2. The molecule has 0 spiro atoms. The van der Waals surface area contributed by atoms with Crippen molar-refractivity contribution in [1.82, 2.24) is 20.6 Å². The second kappa shape index (κ2) is 9.48. The molecule has 1 aliphatic carbocycles. The second-order valence-corrected chi connectivity index (χ2v) is 7.49. The molecule has 150 valence electrons. The van der Waals surface area contributed by atoms with E-state index in [2.05, 4.69) is 22.9 Å². The number of unbranched alkanes of at least 4 members (excludes halogenated alkanes) is 2. The molecule has 1 saturated carbocycles. The van der Waals surface area contributed by atoms with E-state index in [0.29, 0.717) is 29.7 Å². The molecule has 0 atom stereocenters. The fourth-order valence-electron chi connectivity index (χ4n) is 3.78. The number of nitrogens with one attached hydrogen (secondary N) is 2. The third kappa shape index (κ3) is 4.77. The Bertz CT molecular complexity index is 900. The van der Waals surface area contributed by atoms with Crippen LogP contribution in [0.25, 0.3) is 10.8 Å². The van der Waals surface area contributed by atoms with Gasteiger partial charge in [-0.25, -0.2) is 4.68 Å². The van der Waals surface area contributed by atoms with Crippen molar-refractivity contribution in [1.29, 1.82) is 0 Å². The Kier molecular flexibility index (Phi) is 6.79. The predicted molar refractivity (Wildman–Crippen MR) is 108 cm³/mol. The Morgan fingerprint density at radius 2 is 1.82 bits per heavy atom. The summed E-state index contributed by atoms with van der Waals surface area (Å²) in [6, 6.07) is 6.94. The number of hydrazine groups is 1. The van der Waals surface area contributed by atoms with Gasteiger partial charge in [-0.15, -0.1) is 0 Å². The number of carbonyl (C=O) groups excluding carboxylic acids is 2. The van der Waals surface area contributed by atoms with Gasteiger partial charge in [-0.3, -0.25) is 25.2 Å². The SMILES string of the molecule is CCCCCn1nc(C(=O)NNC(=O)CC2CCCC2)c2ccccc2c1=O. The molecule has 0 radical (unpaired) electrons. The van der Waals surface area contributed by atoms with E-state index in [1.807, 2.05) is 0 Å². The molecule has 1 aromatic carbocycles. The first-order valence-electron chi connectivity index (χ1n) is 10.2. The van der Waals surface area contributed by atoms with Gasteiger partial charge < -0.3 is 0 Å². The summed E-state index contributed by atoms with van der Waals surface area (Å²) in [6.45, 7) is 2.55. The van der Waals surface area contributed by atoms with Gasteiger partial charge in [0.25, 0.3) is 11.5 Å². The van der Waals surface area contributed by atoms with E-state index in [1.54, 1.807) is 24.3 Å². The molecular weight excluding hydrogens is 356 g/mol. The maximum Gasteiger partial charge on any atom is 0.290 e. The Balaban J connectivity index is 1.76. The van der Waals surface area contributed by atoms with Crippen LogP contribution in [0.3, 0.4) is 0 Å². The monoisotopic (exact) mass is 384 g/mol. The molecule has 1 aliphatic rings. The van der Waals surface area contributed by atoms with Crippen LogP contribution in [-0.2, 0) is 11.3 Å². The zero-order chi connectivity index (χ0) is 19.9. The number of fused-ring (bicyclic) bond motifs is 1. The molecule has 0 aliphatic heterocycles. The Morgan fingerprint density at radius 1 is 1.11 bits per heavy atom. The lowest BCUT2D eigenvalue weighted by molar-refractivity contribution is -0.122. The van der Waals surface area contributed by atoms with Crippen LogP contribution in [0.2, 0.25) is 0 Å². The summed E-state index contributed by atoms with van der Waals surface area (Å²) in [5.41, 5.74) is 4.90. The van der Waals surface area contributed by atoms with Crippen molar-refractivity contribution in [2.24, 2.45) is 5.92 Å². The van der Waals surface area contributed by atoms with E-state index in [1.165, 1.54) is 17.5 Å². The van der Waals surface area contributed by atoms with Gasteiger partial charge in [0.05, 0.1) is 5.39 Å². The van der Waals surface area contributed by atoms with Crippen LogP contribution < -0.4 is 16.4 Å². The fourth-order valence-corrected chi connectivity index (χ4v) is 3.78. The van der Waals surface area contributed by atoms with Gasteiger partial charge in [0.15, 0.2) is 5.69 Å². The first kappa shape index (κ1) is 20.0. The Morgan fingerprint density at radius 3 is 2.54 bits per heavy atom. The molecule has 0 saturated heterocycles. The highest BCUT2D eigenvalue weighted by Gasteiger charge is 2.20. The van der Waals surface area contributed by atoms with Crippen molar-refractivity contribution in [2.45, 2.75) is 64.8 Å². The molecule has 2 aromatic rings. The summed E-state index contributed by atoms with van der Waals surface area (Å²) < 4.78 is 1.35. The van der Waals surface area contributed by atoms with E-state index in [0.717, 1.165) is 32.1 Å². The number of rotatable bonds is 7. The summed E-state index contributed by atoms with van der Waals surface area (Å²) in [6.07, 6.45) is 7.72. The van der Waals surface area contributed by atoms with E-state index < -0.39 is 5.91 Å². The largest absolute Gasteiger partial charge is 0.290 e. The van der Waals surface area contributed by atoms with Gasteiger partial charge >= 0.3 is 0 Å². The molecular formula is C21H28N4O3. The standard InChI is InChI=1S/C21H28N4O3/c1-2-3-8-13-25-21(28)17-12-7-6-11-16(17)19(24-25)20(27)23-22-18(26)14-15-9-4-5-10-15/h6-7,11-12,15H,2-5,8-10,13-14H2,1H3,(H,22,26)(H,23,27). The number of amides is 2. The van der Waals surface area contributed by atoms with Crippen LogP contribution in [-0.4, -0.2) is 21.6 Å². The average Bonchev–Trinajstić information content (AvgIpc) is 3.21. The highest BCUT2D eigenvalue weighted by molar-refractivity contribution is 6.05. The average molecular weight is 384 g/mol. The van der Waals surface area contributed by atoms with E-state index in [4.69, 9.17) is 0 Å². The highest BCUT2D eigenvalue weighted by atomic mass is 16.2. The molecule has 28 heavy (non-hydrogen) atoms. The number of aromatic nitrogens is 2. The predicted octanol–water partition coefficient (Wildman–Crippen LogP) is 2.93. The van der Waals surface area contributed by atoms with Gasteiger partial charge in [-0.1, -0.05) is 50.8 Å². The second-order valence-electron chi connectivity index (χ2n) is 7.49. The molecule has 1 heterocycles. The maximum absolute atomic E-state index is 12.7. The van der Waals surface area contributed by atoms with Crippen LogP contribution >= 0.6 is 0 Å². The van der Waals surface area contributed by atoms with Crippen molar-refractivity contribution in [3.63, 3.8) is 0 Å². The molecule has 7 nitrogen and oxygen atoms in total. The number of hydrogen-bond acceptors (Lipinski definition) is 4. The van der Waals surface area contributed by atoms with Crippen LogP contribution in [0, 0.1) is 5.92 Å². The molecule has 0 unspecified atom stereocenters. The van der Waals surface area contributed by atoms with Crippen molar-refractivity contribution in [3.05, 3.63) is 40.3 Å².